The molecule has 2 atom stereocenters. The molecule has 10 heteroatoms. The highest BCUT2D eigenvalue weighted by Crippen LogP contribution is 2.30. The van der Waals surface area contributed by atoms with Gasteiger partial charge >= 0.3 is 0 Å². The number of benzene rings is 1. The van der Waals surface area contributed by atoms with Crippen LogP contribution in [0.1, 0.15) is 12.0 Å². The van der Waals surface area contributed by atoms with Gasteiger partial charge in [-0.2, -0.15) is 15.1 Å². The van der Waals surface area contributed by atoms with Crippen LogP contribution in [0.15, 0.2) is 36.7 Å². The molecule has 2 aromatic heterocycles. The summed E-state index contributed by atoms with van der Waals surface area (Å²) in [6.45, 7) is 1.81. The molecule has 3 aromatic rings. The van der Waals surface area contributed by atoms with E-state index in [-0.39, 0.29) is 11.9 Å². The topological polar surface area (TPSA) is 104 Å². The van der Waals surface area contributed by atoms with Crippen LogP contribution in [0.4, 0.5) is 5.69 Å². The van der Waals surface area contributed by atoms with E-state index in [9.17, 15) is 10.0 Å². The Hall–Kier alpha value is -3.21. The Kier molecular flexibility index (Phi) is 5.41. The molecule has 10 nitrogen and oxygen atoms in total. The maximum Gasteiger partial charge on any atom is 0.252 e. The van der Waals surface area contributed by atoms with Crippen LogP contribution >= 0.6 is 0 Å². The molecule has 4 bridgehead atoms. The number of fused-ring (bicyclic) bond motifs is 5. The number of rotatable bonds is 3. The van der Waals surface area contributed by atoms with Gasteiger partial charge in [0.2, 0.25) is 5.88 Å². The standard InChI is InChI=1S/C22H26N6O4/c1-26(30)12-14-7-15-9-16(8-14)23-4-6-27-17(10-19(31-2)22(27)29)13-32-20-3-5-28-21(25-20)18(15)11-24-28/h3,5,7-9,11,17,19,23,30H,4,6,10,12-13H2,1-2H3/t17-,19+/m0/s1. The molecule has 0 radical (unpaired) electrons. The summed E-state index contributed by atoms with van der Waals surface area (Å²) >= 11 is 0. The third-order valence-corrected chi connectivity index (χ3v) is 5.93. The second kappa shape index (κ2) is 8.38. The number of nitrogens with zero attached hydrogens (tertiary/aromatic N) is 5. The molecule has 2 aliphatic rings. The number of aromatic nitrogens is 3. The lowest BCUT2D eigenvalue weighted by Crippen LogP contribution is -2.41. The van der Waals surface area contributed by atoms with Gasteiger partial charge in [0.15, 0.2) is 5.65 Å². The molecule has 32 heavy (non-hydrogen) atoms. The number of amides is 1. The van der Waals surface area contributed by atoms with Gasteiger partial charge in [0, 0.05) is 63.7 Å². The monoisotopic (exact) mass is 438 g/mol. The van der Waals surface area contributed by atoms with E-state index in [4.69, 9.17) is 9.47 Å². The Morgan fingerprint density at radius 2 is 2.25 bits per heavy atom. The molecule has 0 unspecified atom stereocenters. The van der Waals surface area contributed by atoms with Crippen LogP contribution < -0.4 is 10.1 Å². The first-order valence-corrected chi connectivity index (χ1v) is 10.6. The Labute approximate surface area is 185 Å². The smallest absolute Gasteiger partial charge is 0.252 e. The highest BCUT2D eigenvalue weighted by Gasteiger charge is 2.39. The van der Waals surface area contributed by atoms with Gasteiger partial charge in [0.1, 0.15) is 12.7 Å². The van der Waals surface area contributed by atoms with Crippen molar-refractivity contribution in [2.45, 2.75) is 25.1 Å². The number of methoxy groups -OCH3 is 1. The summed E-state index contributed by atoms with van der Waals surface area (Å²) in [4.78, 5) is 19.3. The predicted octanol–water partition coefficient (Wildman–Crippen LogP) is 1.64. The normalized spacial score (nSPS) is 20.9. The fraction of sp³-hybridized carbons (Fsp3) is 0.409. The van der Waals surface area contributed by atoms with E-state index in [0.29, 0.717) is 44.2 Å². The number of hydroxylamine groups is 2. The summed E-state index contributed by atoms with van der Waals surface area (Å²) in [5, 5.41) is 18.8. The third-order valence-electron chi connectivity index (χ3n) is 5.93. The fourth-order valence-electron chi connectivity index (χ4n) is 4.43. The molecular formula is C22H26N6O4. The van der Waals surface area contributed by atoms with Gasteiger partial charge in [0.25, 0.3) is 5.91 Å². The molecule has 1 saturated heterocycles. The summed E-state index contributed by atoms with van der Waals surface area (Å²) in [6, 6.07) is 7.72. The van der Waals surface area contributed by atoms with Crippen molar-refractivity contribution in [1.29, 1.82) is 0 Å². The van der Waals surface area contributed by atoms with E-state index < -0.39 is 6.10 Å². The van der Waals surface area contributed by atoms with E-state index in [1.54, 1.807) is 30.9 Å². The van der Waals surface area contributed by atoms with E-state index in [1.165, 1.54) is 0 Å². The Morgan fingerprint density at radius 1 is 1.38 bits per heavy atom. The molecule has 4 heterocycles. The van der Waals surface area contributed by atoms with Crippen LogP contribution in [0.2, 0.25) is 0 Å². The van der Waals surface area contributed by atoms with Gasteiger partial charge in [-0.25, -0.2) is 4.52 Å². The third kappa shape index (κ3) is 3.88. The van der Waals surface area contributed by atoms with Crippen LogP contribution in [-0.4, -0.2) is 81.7 Å². The van der Waals surface area contributed by atoms with Crippen molar-refractivity contribution >= 4 is 17.2 Å². The number of carbonyl (C=O) groups is 1. The minimum atomic E-state index is -0.453. The molecule has 0 aliphatic carbocycles. The minimum Gasteiger partial charge on any atom is -0.475 e. The fourth-order valence-corrected chi connectivity index (χ4v) is 4.43. The average Bonchev–Trinajstić information content (AvgIpc) is 3.32. The minimum absolute atomic E-state index is 0.0205. The summed E-state index contributed by atoms with van der Waals surface area (Å²) in [7, 11) is 3.17. The number of hydrogen-bond acceptors (Lipinski definition) is 8. The number of nitrogens with one attached hydrogen (secondary N) is 1. The SMILES string of the molecule is CO[C@@H]1C[C@H]2COc3ccn4ncc(c4n3)-c3cc(CN(C)O)cc(c3)NCCN2C1=O. The lowest BCUT2D eigenvalue weighted by atomic mass is 10.0. The number of hydrogen-bond donors (Lipinski definition) is 2. The lowest BCUT2D eigenvalue weighted by molar-refractivity contribution is -0.136. The van der Waals surface area contributed by atoms with E-state index >= 15 is 0 Å². The van der Waals surface area contributed by atoms with Crippen LogP contribution in [0, 0.1) is 0 Å². The summed E-state index contributed by atoms with van der Waals surface area (Å²) in [5.41, 5.74) is 4.31. The molecule has 0 saturated carbocycles. The molecular weight excluding hydrogens is 412 g/mol. The maximum absolute atomic E-state index is 12.8. The van der Waals surface area contributed by atoms with Crippen molar-refractivity contribution in [3.63, 3.8) is 0 Å². The van der Waals surface area contributed by atoms with E-state index in [1.807, 2.05) is 29.3 Å². The Morgan fingerprint density at radius 3 is 3.06 bits per heavy atom. The van der Waals surface area contributed by atoms with E-state index in [0.717, 1.165) is 27.4 Å². The van der Waals surface area contributed by atoms with Gasteiger partial charge in [-0.15, -0.1) is 0 Å². The molecule has 2 aliphatic heterocycles. The first kappa shape index (κ1) is 20.7. The summed E-state index contributed by atoms with van der Waals surface area (Å²) in [6.07, 6.45) is 3.72. The van der Waals surface area contributed by atoms with Crippen molar-refractivity contribution in [3.8, 4) is 17.0 Å². The molecule has 2 N–H and O–H groups in total. The van der Waals surface area contributed by atoms with Crippen LogP contribution in [0.25, 0.3) is 16.8 Å². The first-order chi connectivity index (χ1) is 15.5. The highest BCUT2D eigenvalue weighted by atomic mass is 16.5. The number of carbonyl (C=O) groups excluding carboxylic acids is 1. The maximum atomic E-state index is 12.8. The van der Waals surface area contributed by atoms with Gasteiger partial charge in [-0.3, -0.25) is 4.79 Å². The Balaban J connectivity index is 1.57. The summed E-state index contributed by atoms with van der Waals surface area (Å²) < 4.78 is 13.1. The summed E-state index contributed by atoms with van der Waals surface area (Å²) in [5.74, 6) is 0.460. The quantitative estimate of drug-likeness (QED) is 0.595. The van der Waals surface area contributed by atoms with E-state index in [2.05, 4.69) is 15.4 Å². The zero-order chi connectivity index (χ0) is 22.2. The van der Waals surface area contributed by atoms with Crippen molar-refractivity contribution < 1.29 is 19.5 Å². The van der Waals surface area contributed by atoms with Crippen molar-refractivity contribution in [1.82, 2.24) is 24.6 Å². The molecule has 168 valence electrons. The van der Waals surface area contributed by atoms with Gasteiger partial charge in [0.05, 0.1) is 12.2 Å². The van der Waals surface area contributed by atoms with Crippen LogP contribution in [0.5, 0.6) is 5.88 Å². The molecule has 5 rings (SSSR count). The van der Waals surface area contributed by atoms with Gasteiger partial charge < -0.3 is 24.9 Å². The molecule has 0 spiro atoms. The van der Waals surface area contributed by atoms with Gasteiger partial charge in [-0.1, -0.05) is 0 Å². The van der Waals surface area contributed by atoms with Crippen molar-refractivity contribution in [3.05, 3.63) is 42.2 Å². The number of anilines is 1. The second-order valence-corrected chi connectivity index (χ2v) is 8.21. The van der Waals surface area contributed by atoms with Gasteiger partial charge in [-0.05, 0) is 29.3 Å². The second-order valence-electron chi connectivity index (χ2n) is 8.21. The van der Waals surface area contributed by atoms with Crippen LogP contribution in [-0.2, 0) is 16.1 Å². The zero-order valence-corrected chi connectivity index (χ0v) is 18.1. The largest absolute Gasteiger partial charge is 0.475 e. The van der Waals surface area contributed by atoms with Crippen molar-refractivity contribution in [2.24, 2.45) is 0 Å². The predicted molar refractivity (Wildman–Crippen MR) is 117 cm³/mol. The molecule has 1 aromatic carbocycles. The highest BCUT2D eigenvalue weighted by molar-refractivity contribution is 5.84. The lowest BCUT2D eigenvalue weighted by Gasteiger charge is -2.25. The average molecular weight is 438 g/mol. The van der Waals surface area contributed by atoms with Crippen molar-refractivity contribution in [2.75, 3.05) is 39.2 Å². The first-order valence-electron chi connectivity index (χ1n) is 10.6. The van der Waals surface area contributed by atoms with Crippen LogP contribution in [0.3, 0.4) is 0 Å². The Bertz CT molecular complexity index is 1150. The molecule has 1 amide bonds. The molecule has 1 fully saturated rings. The number of ether oxygens (including phenoxy) is 2. The zero-order valence-electron chi connectivity index (χ0n) is 18.1.